The number of esters is 1. The molecule has 3 heterocycles. The summed E-state index contributed by atoms with van der Waals surface area (Å²) in [6.07, 6.45) is 2.55. The molecule has 3 aromatic carbocycles. The Labute approximate surface area is 251 Å². The smallest absolute Gasteiger partial charge is 0.338 e. The topological polar surface area (TPSA) is 97.6 Å². The highest BCUT2D eigenvalue weighted by Crippen LogP contribution is 2.42. The maximum Gasteiger partial charge on any atom is 0.338 e. The molecule has 0 spiro atoms. The van der Waals surface area contributed by atoms with Gasteiger partial charge in [-0.15, -0.1) is 0 Å². The second kappa shape index (κ2) is 12.2. The minimum absolute atomic E-state index is 0.156. The molecule has 1 aromatic heterocycles. The number of rotatable bonds is 9. The Bertz CT molecular complexity index is 1890. The molecule has 0 N–H and O–H groups in total. The third-order valence-corrected chi connectivity index (χ3v) is 8.03. The van der Waals surface area contributed by atoms with Gasteiger partial charge in [-0.05, 0) is 43.2 Å². The van der Waals surface area contributed by atoms with E-state index in [0.29, 0.717) is 50.2 Å². The first kappa shape index (κ1) is 28.3. The highest BCUT2D eigenvalue weighted by molar-refractivity contribution is 7.07. The third-order valence-electron chi connectivity index (χ3n) is 7.04. The van der Waals surface area contributed by atoms with Crippen LogP contribution in [0.5, 0.6) is 23.0 Å². The van der Waals surface area contributed by atoms with Crippen molar-refractivity contribution in [2.45, 2.75) is 26.3 Å². The van der Waals surface area contributed by atoms with Crippen LogP contribution in [-0.2, 0) is 9.53 Å². The van der Waals surface area contributed by atoms with Crippen molar-refractivity contribution in [3.63, 3.8) is 0 Å². The molecule has 9 nitrogen and oxygen atoms in total. The van der Waals surface area contributed by atoms with Crippen LogP contribution < -0.4 is 33.8 Å². The van der Waals surface area contributed by atoms with Crippen molar-refractivity contribution in [1.29, 1.82) is 0 Å². The lowest BCUT2D eigenvalue weighted by molar-refractivity contribution is -0.138. The Hall–Kier alpha value is -4.83. The molecule has 220 valence electrons. The fraction of sp³-hybridized carbons (Fsp3) is 0.242. The van der Waals surface area contributed by atoms with Gasteiger partial charge in [0.05, 0.1) is 36.1 Å². The lowest BCUT2D eigenvalue weighted by Gasteiger charge is -2.27. The Morgan fingerprint density at radius 1 is 1.07 bits per heavy atom. The summed E-state index contributed by atoms with van der Waals surface area (Å²) in [6, 6.07) is 19.5. The van der Waals surface area contributed by atoms with Crippen molar-refractivity contribution in [2.75, 3.05) is 27.1 Å². The van der Waals surface area contributed by atoms with E-state index in [1.165, 1.54) is 11.3 Å². The first-order valence-corrected chi connectivity index (χ1v) is 14.8. The van der Waals surface area contributed by atoms with Crippen LogP contribution in [0.25, 0.3) is 11.8 Å². The van der Waals surface area contributed by atoms with Crippen molar-refractivity contribution in [1.82, 2.24) is 4.57 Å². The standard InChI is InChI=1S/C33H30N2O7S/c1-4-16-40-30-22(12-9-13-24(30)38-3)29-27(32(37)39-5-2)28(21-10-7-6-8-11-21)34-33-35(29)31(36)26(43-33)18-20-14-15-23-25(17-20)42-19-41-23/h6-15,17-18,29H,4-5,16,19H2,1-3H3/b26-18+/t29-/m0/s1. The molecule has 2 aliphatic rings. The molecular weight excluding hydrogens is 568 g/mol. The van der Waals surface area contributed by atoms with E-state index in [4.69, 9.17) is 28.7 Å². The van der Waals surface area contributed by atoms with Crippen LogP contribution in [0.3, 0.4) is 0 Å². The summed E-state index contributed by atoms with van der Waals surface area (Å²) in [5.74, 6) is 1.66. The second-order valence-corrected chi connectivity index (χ2v) is 10.8. The monoisotopic (exact) mass is 598 g/mol. The first-order chi connectivity index (χ1) is 21.0. The van der Waals surface area contributed by atoms with Crippen molar-refractivity contribution >= 4 is 29.1 Å². The maximum absolute atomic E-state index is 14.3. The summed E-state index contributed by atoms with van der Waals surface area (Å²) in [4.78, 5) is 33.4. The Kier molecular flexibility index (Phi) is 8.02. The van der Waals surface area contributed by atoms with Crippen LogP contribution in [0.2, 0.25) is 0 Å². The van der Waals surface area contributed by atoms with E-state index in [2.05, 4.69) is 0 Å². The van der Waals surface area contributed by atoms with E-state index < -0.39 is 12.0 Å². The summed E-state index contributed by atoms with van der Waals surface area (Å²) in [6.45, 7) is 4.48. The molecule has 43 heavy (non-hydrogen) atoms. The zero-order valence-corrected chi connectivity index (χ0v) is 24.8. The van der Waals surface area contributed by atoms with Gasteiger partial charge in [-0.25, -0.2) is 9.79 Å². The van der Waals surface area contributed by atoms with Gasteiger partial charge in [-0.3, -0.25) is 9.36 Å². The van der Waals surface area contributed by atoms with Gasteiger partial charge in [0.25, 0.3) is 5.56 Å². The number of hydrogen-bond acceptors (Lipinski definition) is 9. The quantitative estimate of drug-likeness (QED) is 0.263. The van der Waals surface area contributed by atoms with Crippen molar-refractivity contribution < 1.29 is 28.5 Å². The summed E-state index contributed by atoms with van der Waals surface area (Å²) in [5.41, 5.74) is 2.46. The molecule has 0 unspecified atom stereocenters. The molecule has 0 bridgehead atoms. The fourth-order valence-electron chi connectivity index (χ4n) is 5.16. The fourth-order valence-corrected chi connectivity index (χ4v) is 6.16. The number of nitrogens with zero attached hydrogens (tertiary/aromatic N) is 2. The summed E-state index contributed by atoms with van der Waals surface area (Å²) in [5, 5.41) is 0. The normalized spacial score (nSPS) is 15.6. The van der Waals surface area contributed by atoms with Crippen LogP contribution in [0, 0.1) is 0 Å². The van der Waals surface area contributed by atoms with Crippen LogP contribution in [0.1, 0.15) is 43.0 Å². The van der Waals surface area contributed by atoms with Crippen molar-refractivity contribution in [2.24, 2.45) is 4.99 Å². The number of thiazole rings is 1. The van der Waals surface area contributed by atoms with Gasteiger partial charge >= 0.3 is 5.97 Å². The lowest BCUT2D eigenvalue weighted by Crippen LogP contribution is -2.40. The number of aromatic nitrogens is 1. The molecule has 0 radical (unpaired) electrons. The number of para-hydroxylation sites is 1. The zero-order chi connectivity index (χ0) is 29.9. The van der Waals surface area contributed by atoms with Crippen LogP contribution >= 0.6 is 11.3 Å². The van der Waals surface area contributed by atoms with E-state index in [1.807, 2.05) is 67.6 Å². The highest BCUT2D eigenvalue weighted by Gasteiger charge is 2.37. The van der Waals surface area contributed by atoms with Gasteiger partial charge in [0.1, 0.15) is 6.04 Å². The number of ether oxygens (including phenoxy) is 5. The van der Waals surface area contributed by atoms with Crippen LogP contribution in [0.15, 0.2) is 82.1 Å². The summed E-state index contributed by atoms with van der Waals surface area (Å²) >= 11 is 1.25. The highest BCUT2D eigenvalue weighted by atomic mass is 32.1. The number of carbonyl (C=O) groups is 1. The van der Waals surface area contributed by atoms with Crippen molar-refractivity contribution in [3.8, 4) is 23.0 Å². The van der Waals surface area contributed by atoms with E-state index in [1.54, 1.807) is 30.7 Å². The average molecular weight is 599 g/mol. The number of methoxy groups -OCH3 is 1. The minimum Gasteiger partial charge on any atom is -0.493 e. The zero-order valence-electron chi connectivity index (χ0n) is 24.0. The third kappa shape index (κ3) is 5.30. The number of fused-ring (bicyclic) bond motifs is 2. The van der Waals surface area contributed by atoms with Gasteiger partial charge in [-0.1, -0.05) is 66.8 Å². The lowest BCUT2D eigenvalue weighted by atomic mass is 9.92. The van der Waals surface area contributed by atoms with E-state index >= 15 is 0 Å². The van der Waals surface area contributed by atoms with Gasteiger partial charge in [0, 0.05) is 11.1 Å². The second-order valence-electron chi connectivity index (χ2n) is 9.77. The molecule has 0 amide bonds. The predicted octanol–water partition coefficient (Wildman–Crippen LogP) is 4.46. The van der Waals surface area contributed by atoms with E-state index in [0.717, 1.165) is 17.5 Å². The predicted molar refractivity (Wildman–Crippen MR) is 162 cm³/mol. The SMILES string of the molecule is CCCOc1c(OC)cccc1[C@H]1C(C(=O)OCC)=C(c2ccccc2)N=c2s/c(=C/c3ccc4c(c3)OCO4)c(=O)n21. The average Bonchev–Trinajstić information content (AvgIpc) is 3.63. The molecule has 4 aromatic rings. The largest absolute Gasteiger partial charge is 0.493 e. The van der Waals surface area contributed by atoms with Gasteiger partial charge in [0.15, 0.2) is 27.8 Å². The molecule has 1 atom stereocenters. The molecule has 2 aliphatic heterocycles. The van der Waals surface area contributed by atoms with E-state index in [9.17, 15) is 9.59 Å². The summed E-state index contributed by atoms with van der Waals surface area (Å²) < 4.78 is 30.4. The molecule has 0 fully saturated rings. The van der Waals surface area contributed by atoms with Gasteiger partial charge in [0.2, 0.25) is 6.79 Å². The maximum atomic E-state index is 14.3. The summed E-state index contributed by atoms with van der Waals surface area (Å²) in [7, 11) is 1.56. The minimum atomic E-state index is -0.897. The molecule has 6 rings (SSSR count). The molecular formula is C33H30N2O7S. The van der Waals surface area contributed by atoms with Crippen LogP contribution in [0.4, 0.5) is 0 Å². The number of carbonyl (C=O) groups excluding carboxylic acids is 1. The molecule has 0 aliphatic carbocycles. The molecule has 0 saturated heterocycles. The number of hydrogen-bond donors (Lipinski definition) is 0. The molecule has 0 saturated carbocycles. The van der Waals surface area contributed by atoms with Gasteiger partial charge < -0.3 is 23.7 Å². The van der Waals surface area contributed by atoms with Gasteiger partial charge in [-0.2, -0.15) is 0 Å². The number of benzene rings is 3. The Morgan fingerprint density at radius 2 is 1.88 bits per heavy atom. The van der Waals surface area contributed by atoms with Crippen LogP contribution in [-0.4, -0.2) is 37.7 Å². The van der Waals surface area contributed by atoms with E-state index in [-0.39, 0.29) is 24.5 Å². The Balaban J connectivity index is 1.65. The first-order valence-electron chi connectivity index (χ1n) is 14.0. The Morgan fingerprint density at radius 3 is 2.65 bits per heavy atom. The van der Waals surface area contributed by atoms with Crippen molar-refractivity contribution in [3.05, 3.63) is 109 Å². The molecule has 10 heteroatoms.